The number of aromatic amines is 1. The van der Waals surface area contributed by atoms with Crippen LogP contribution in [0.1, 0.15) is 25.2 Å². The van der Waals surface area contributed by atoms with Crippen molar-refractivity contribution in [3.8, 4) is 0 Å². The van der Waals surface area contributed by atoms with E-state index in [1.54, 1.807) is 6.08 Å². The van der Waals surface area contributed by atoms with Gasteiger partial charge in [0.25, 0.3) is 11.4 Å². The van der Waals surface area contributed by atoms with Crippen LogP contribution in [0.4, 0.5) is 5.82 Å². The maximum Gasteiger partial charge on any atom is 0.298 e. The first-order valence-corrected chi connectivity index (χ1v) is 5.79. The molecule has 0 spiro atoms. The zero-order valence-corrected chi connectivity index (χ0v) is 10.7. The topological polar surface area (TPSA) is 95.0 Å². The average molecular weight is 253 g/mol. The molecular weight excluding hydrogens is 234 g/mol. The van der Waals surface area contributed by atoms with Gasteiger partial charge in [0.2, 0.25) is 0 Å². The Morgan fingerprint density at radius 2 is 2.28 bits per heavy atom. The van der Waals surface area contributed by atoms with E-state index in [4.69, 9.17) is 10.5 Å². The van der Waals surface area contributed by atoms with E-state index in [0.717, 1.165) is 0 Å². The summed E-state index contributed by atoms with van der Waals surface area (Å²) in [6.45, 7) is 7.76. The fourth-order valence-corrected chi connectivity index (χ4v) is 1.55. The maximum atomic E-state index is 11.9. The maximum absolute atomic E-state index is 11.9. The van der Waals surface area contributed by atoms with E-state index in [0.29, 0.717) is 23.5 Å². The summed E-state index contributed by atoms with van der Waals surface area (Å²) in [6.07, 6.45) is 1.96. The first-order valence-electron chi connectivity index (χ1n) is 5.79. The number of rotatable bonds is 6. The van der Waals surface area contributed by atoms with Gasteiger partial charge in [-0.05, 0) is 5.92 Å². The van der Waals surface area contributed by atoms with Crippen molar-refractivity contribution in [3.05, 3.63) is 39.6 Å². The van der Waals surface area contributed by atoms with Crippen LogP contribution in [0.15, 0.2) is 17.4 Å². The molecule has 0 aliphatic carbocycles. The van der Waals surface area contributed by atoms with Gasteiger partial charge in [-0.1, -0.05) is 19.9 Å². The predicted molar refractivity (Wildman–Crippen MR) is 68.8 cm³/mol. The molecule has 0 amide bonds. The summed E-state index contributed by atoms with van der Waals surface area (Å²) in [6, 6.07) is 0. The van der Waals surface area contributed by atoms with Crippen molar-refractivity contribution in [2.75, 3.05) is 12.3 Å². The second kappa shape index (κ2) is 6.20. The van der Waals surface area contributed by atoms with Crippen molar-refractivity contribution >= 4 is 5.82 Å². The SMILES string of the molecule is C=CCOCc1[nH]c(=O)c(CC(C)C)[n+]([O-])c1N. The molecule has 1 heterocycles. The summed E-state index contributed by atoms with van der Waals surface area (Å²) in [7, 11) is 0. The van der Waals surface area contributed by atoms with Crippen molar-refractivity contribution in [2.24, 2.45) is 5.92 Å². The molecule has 0 bridgehead atoms. The summed E-state index contributed by atoms with van der Waals surface area (Å²) in [5.41, 5.74) is 5.70. The highest BCUT2D eigenvalue weighted by atomic mass is 16.5. The van der Waals surface area contributed by atoms with E-state index in [2.05, 4.69) is 11.6 Å². The number of hydrogen-bond acceptors (Lipinski definition) is 4. The third kappa shape index (κ3) is 3.33. The van der Waals surface area contributed by atoms with Crippen LogP contribution in [0.2, 0.25) is 0 Å². The third-order valence-corrected chi connectivity index (χ3v) is 2.38. The molecular formula is C12H19N3O3. The number of nitrogens with zero attached hydrogens (tertiary/aromatic N) is 1. The lowest BCUT2D eigenvalue weighted by Gasteiger charge is -2.14. The van der Waals surface area contributed by atoms with Gasteiger partial charge in [0.1, 0.15) is 5.69 Å². The molecule has 100 valence electrons. The highest BCUT2D eigenvalue weighted by Crippen LogP contribution is 2.06. The molecule has 0 fully saturated rings. The minimum Gasteiger partial charge on any atom is -0.710 e. The molecule has 0 unspecified atom stereocenters. The molecule has 6 heteroatoms. The van der Waals surface area contributed by atoms with Crippen LogP contribution in [-0.4, -0.2) is 11.6 Å². The zero-order chi connectivity index (χ0) is 13.7. The van der Waals surface area contributed by atoms with Gasteiger partial charge >= 0.3 is 0 Å². The largest absolute Gasteiger partial charge is 0.710 e. The molecule has 1 aromatic rings. The van der Waals surface area contributed by atoms with Gasteiger partial charge < -0.3 is 14.9 Å². The van der Waals surface area contributed by atoms with E-state index in [1.807, 2.05) is 13.8 Å². The standard InChI is InChI=1S/C12H19N3O3/c1-4-5-18-7-9-11(13)15(17)10(6-8(2)3)12(16)14-9/h4,8H,1,5-7,13H2,2-3H3,(H,14,16). The number of hydrogen-bond donors (Lipinski definition) is 2. The van der Waals surface area contributed by atoms with Crippen LogP contribution in [0.5, 0.6) is 0 Å². The fourth-order valence-electron chi connectivity index (χ4n) is 1.55. The predicted octanol–water partition coefficient (Wildman–Crippen LogP) is 0.492. The number of nitrogens with one attached hydrogen (secondary N) is 1. The second-order valence-corrected chi connectivity index (χ2v) is 4.46. The van der Waals surface area contributed by atoms with Crippen molar-refractivity contribution in [3.63, 3.8) is 0 Å². The minimum atomic E-state index is -0.412. The van der Waals surface area contributed by atoms with Crippen LogP contribution in [0.3, 0.4) is 0 Å². The van der Waals surface area contributed by atoms with Crippen LogP contribution >= 0.6 is 0 Å². The molecule has 0 saturated carbocycles. The number of aromatic nitrogens is 2. The lowest BCUT2D eigenvalue weighted by atomic mass is 10.1. The quantitative estimate of drug-likeness (QED) is 0.334. The number of nitrogen functional groups attached to an aromatic ring is 1. The molecule has 6 nitrogen and oxygen atoms in total. The first-order chi connectivity index (χ1) is 8.47. The number of anilines is 1. The smallest absolute Gasteiger partial charge is 0.298 e. The van der Waals surface area contributed by atoms with Gasteiger partial charge in [-0.3, -0.25) is 10.5 Å². The Morgan fingerprint density at radius 1 is 1.61 bits per heavy atom. The third-order valence-electron chi connectivity index (χ3n) is 2.38. The average Bonchev–Trinajstić information content (AvgIpc) is 2.31. The monoisotopic (exact) mass is 253 g/mol. The normalized spacial score (nSPS) is 10.8. The van der Waals surface area contributed by atoms with E-state index >= 15 is 0 Å². The van der Waals surface area contributed by atoms with Gasteiger partial charge in [0, 0.05) is 6.42 Å². The molecule has 0 aromatic carbocycles. The van der Waals surface area contributed by atoms with Crippen molar-refractivity contribution < 1.29 is 9.47 Å². The number of nitrogens with two attached hydrogens (primary N) is 1. The summed E-state index contributed by atoms with van der Waals surface area (Å²) >= 11 is 0. The lowest BCUT2D eigenvalue weighted by Crippen LogP contribution is -2.44. The van der Waals surface area contributed by atoms with Crippen LogP contribution in [0, 0.1) is 11.1 Å². The van der Waals surface area contributed by atoms with Gasteiger partial charge in [0.05, 0.1) is 13.2 Å². The zero-order valence-electron chi connectivity index (χ0n) is 10.7. The molecule has 0 aliphatic heterocycles. The first kappa shape index (κ1) is 14.2. The Labute approximate surface area is 106 Å². The van der Waals surface area contributed by atoms with E-state index in [9.17, 15) is 10.0 Å². The molecule has 0 saturated heterocycles. The highest BCUT2D eigenvalue weighted by molar-refractivity contribution is 5.28. The van der Waals surface area contributed by atoms with Crippen LogP contribution < -0.4 is 16.0 Å². The molecule has 3 N–H and O–H groups in total. The van der Waals surface area contributed by atoms with E-state index in [-0.39, 0.29) is 24.0 Å². The Morgan fingerprint density at radius 3 is 2.83 bits per heavy atom. The number of H-pyrrole nitrogens is 1. The molecule has 0 aliphatic rings. The molecule has 18 heavy (non-hydrogen) atoms. The van der Waals surface area contributed by atoms with Crippen LogP contribution in [-0.2, 0) is 17.8 Å². The Kier molecular flexibility index (Phi) is 4.91. The van der Waals surface area contributed by atoms with E-state index < -0.39 is 5.56 Å². The molecule has 0 radical (unpaired) electrons. The van der Waals surface area contributed by atoms with Crippen molar-refractivity contribution in [1.82, 2.24) is 4.98 Å². The highest BCUT2D eigenvalue weighted by Gasteiger charge is 2.17. The second-order valence-electron chi connectivity index (χ2n) is 4.46. The number of ether oxygens (including phenoxy) is 1. The summed E-state index contributed by atoms with van der Waals surface area (Å²) in [5.74, 6) is 0.183. The van der Waals surface area contributed by atoms with Crippen LogP contribution in [0.25, 0.3) is 0 Å². The Bertz CT molecular complexity index is 480. The van der Waals surface area contributed by atoms with Gasteiger partial charge in [-0.25, -0.2) is 4.73 Å². The summed E-state index contributed by atoms with van der Waals surface area (Å²) in [4.78, 5) is 14.4. The van der Waals surface area contributed by atoms with Gasteiger partial charge in [-0.15, -0.1) is 6.58 Å². The molecule has 0 atom stereocenters. The Balaban J connectivity index is 3.04. The fraction of sp³-hybridized carbons (Fsp3) is 0.500. The summed E-state index contributed by atoms with van der Waals surface area (Å²) in [5, 5.41) is 11.9. The van der Waals surface area contributed by atoms with Crippen molar-refractivity contribution in [1.29, 1.82) is 0 Å². The summed E-state index contributed by atoms with van der Waals surface area (Å²) < 4.78 is 5.65. The van der Waals surface area contributed by atoms with Gasteiger partial charge in [0.15, 0.2) is 5.69 Å². The lowest BCUT2D eigenvalue weighted by molar-refractivity contribution is -0.601. The minimum absolute atomic E-state index is 0.0192. The van der Waals surface area contributed by atoms with Crippen molar-refractivity contribution in [2.45, 2.75) is 26.9 Å². The van der Waals surface area contributed by atoms with Gasteiger partial charge in [-0.2, -0.15) is 0 Å². The van der Waals surface area contributed by atoms with E-state index in [1.165, 1.54) is 0 Å². The Hall–Kier alpha value is -1.82. The molecule has 1 rings (SSSR count). The molecule has 1 aromatic heterocycles.